The summed E-state index contributed by atoms with van der Waals surface area (Å²) in [5, 5.41) is 0. The molecule has 0 saturated heterocycles. The first-order chi connectivity index (χ1) is 9.79. The molecular formula is C18H40N2O+2. The van der Waals surface area contributed by atoms with E-state index in [-0.39, 0.29) is 0 Å². The molecule has 0 aromatic carbocycles. The van der Waals surface area contributed by atoms with Crippen molar-refractivity contribution in [1.82, 2.24) is 0 Å². The lowest BCUT2D eigenvalue weighted by molar-refractivity contribution is -0.891. The Labute approximate surface area is 133 Å². The van der Waals surface area contributed by atoms with Crippen LogP contribution in [0.3, 0.4) is 0 Å². The van der Waals surface area contributed by atoms with Crippen molar-refractivity contribution >= 4 is 0 Å². The Bertz CT molecular complexity index is 265. The molecule has 0 amide bonds. The number of ether oxygens (including phenoxy) is 1. The number of rotatable bonds is 11. The Hall–Kier alpha value is -0.120. The Morgan fingerprint density at radius 2 is 1.43 bits per heavy atom. The molecule has 0 atom stereocenters. The minimum atomic E-state index is 0.880. The molecule has 0 N–H and O–H groups in total. The van der Waals surface area contributed by atoms with Crippen LogP contribution >= 0.6 is 0 Å². The minimum absolute atomic E-state index is 0.880. The van der Waals surface area contributed by atoms with Gasteiger partial charge in [0.1, 0.15) is 13.1 Å². The molecule has 0 aliphatic heterocycles. The lowest BCUT2D eigenvalue weighted by Crippen LogP contribution is -2.43. The van der Waals surface area contributed by atoms with Gasteiger partial charge in [0.05, 0.1) is 55.0 Å². The summed E-state index contributed by atoms with van der Waals surface area (Å²) >= 11 is 0. The van der Waals surface area contributed by atoms with E-state index in [1.54, 1.807) is 0 Å². The summed E-state index contributed by atoms with van der Waals surface area (Å²) in [6, 6.07) is 0. The molecule has 3 heteroatoms. The molecule has 126 valence electrons. The fourth-order valence-electron chi connectivity index (χ4n) is 3.14. The molecule has 0 spiro atoms. The molecule has 0 bridgehead atoms. The normalized spacial score (nSPS) is 17.6. The van der Waals surface area contributed by atoms with Crippen LogP contribution < -0.4 is 0 Å². The lowest BCUT2D eigenvalue weighted by Gasteiger charge is -2.30. The Balaban J connectivity index is 1.98. The highest BCUT2D eigenvalue weighted by atomic mass is 16.5. The highest BCUT2D eigenvalue weighted by Crippen LogP contribution is 2.28. The van der Waals surface area contributed by atoms with Crippen LogP contribution in [0.5, 0.6) is 0 Å². The first-order valence-corrected chi connectivity index (χ1v) is 8.99. The number of quaternary nitrogens is 2. The van der Waals surface area contributed by atoms with Gasteiger partial charge >= 0.3 is 0 Å². The van der Waals surface area contributed by atoms with E-state index in [4.69, 9.17) is 4.74 Å². The van der Waals surface area contributed by atoms with Gasteiger partial charge in [0, 0.05) is 0 Å². The van der Waals surface area contributed by atoms with Gasteiger partial charge in [0.25, 0.3) is 0 Å². The molecule has 0 radical (unpaired) electrons. The summed E-state index contributed by atoms with van der Waals surface area (Å²) in [5.74, 6) is 1.06. The number of hydrogen-bond donors (Lipinski definition) is 0. The quantitative estimate of drug-likeness (QED) is 0.421. The van der Waals surface area contributed by atoms with Gasteiger partial charge in [-0.1, -0.05) is 32.1 Å². The van der Waals surface area contributed by atoms with Crippen LogP contribution in [-0.2, 0) is 4.74 Å². The first-order valence-electron chi connectivity index (χ1n) is 8.99. The smallest absolute Gasteiger partial charge is 0.102 e. The van der Waals surface area contributed by atoms with Gasteiger partial charge < -0.3 is 13.7 Å². The second kappa shape index (κ2) is 9.12. The Morgan fingerprint density at radius 3 is 2.05 bits per heavy atom. The average molecular weight is 301 g/mol. The van der Waals surface area contributed by atoms with Crippen LogP contribution in [-0.4, -0.2) is 77.1 Å². The van der Waals surface area contributed by atoms with Crippen molar-refractivity contribution in [3.63, 3.8) is 0 Å². The first kappa shape index (κ1) is 18.9. The second-order valence-corrected chi connectivity index (χ2v) is 8.66. The Morgan fingerprint density at radius 1 is 0.810 bits per heavy atom. The van der Waals surface area contributed by atoms with Crippen molar-refractivity contribution in [2.45, 2.75) is 44.9 Å². The number of hydrogen-bond acceptors (Lipinski definition) is 1. The summed E-state index contributed by atoms with van der Waals surface area (Å²) < 4.78 is 7.89. The molecule has 1 saturated carbocycles. The van der Waals surface area contributed by atoms with Gasteiger partial charge in [-0.05, 0) is 18.8 Å². The number of likely N-dealkylation sites (N-methyl/N-ethyl adjacent to an activating group) is 2. The summed E-state index contributed by atoms with van der Waals surface area (Å²) in [4.78, 5) is 0. The predicted molar refractivity (Wildman–Crippen MR) is 91.4 cm³/mol. The zero-order valence-electron chi connectivity index (χ0n) is 15.4. The highest BCUT2D eigenvalue weighted by Gasteiger charge is 2.17. The maximum atomic E-state index is 5.80. The van der Waals surface area contributed by atoms with Gasteiger partial charge in [0.15, 0.2) is 0 Å². The van der Waals surface area contributed by atoms with Crippen molar-refractivity contribution in [1.29, 1.82) is 0 Å². The molecule has 1 rings (SSSR count). The largest absolute Gasteiger partial charge is 0.370 e. The fraction of sp³-hybridized carbons (Fsp3) is 1.00. The third-order valence-electron chi connectivity index (χ3n) is 4.85. The van der Waals surface area contributed by atoms with Gasteiger partial charge in [0.2, 0.25) is 0 Å². The maximum Gasteiger partial charge on any atom is 0.102 e. The number of nitrogens with zero attached hydrogens (tertiary/aromatic N) is 2. The Kier molecular flexibility index (Phi) is 8.22. The third kappa shape index (κ3) is 10.3. The standard InChI is InChI=1S/C18H40N2O/c1-19(2,3)14-16-21-17-15-20(4,5)13-9-8-12-18-10-6-7-11-18/h18H,6-17H2,1-5H3/q+2. The predicted octanol–water partition coefficient (Wildman–Crippen LogP) is 3.15. The zero-order valence-corrected chi connectivity index (χ0v) is 15.4. The molecular weight excluding hydrogens is 260 g/mol. The van der Waals surface area contributed by atoms with Crippen LogP contribution in [0.4, 0.5) is 0 Å². The van der Waals surface area contributed by atoms with E-state index in [1.807, 2.05) is 0 Å². The average Bonchev–Trinajstić information content (AvgIpc) is 2.86. The molecule has 1 aliphatic rings. The molecule has 3 nitrogen and oxygen atoms in total. The molecule has 1 aliphatic carbocycles. The van der Waals surface area contributed by atoms with Crippen LogP contribution in [0, 0.1) is 5.92 Å². The van der Waals surface area contributed by atoms with Crippen molar-refractivity contribution in [2.75, 3.05) is 68.1 Å². The monoisotopic (exact) mass is 300 g/mol. The van der Waals surface area contributed by atoms with E-state index in [2.05, 4.69) is 35.2 Å². The van der Waals surface area contributed by atoms with Crippen molar-refractivity contribution in [2.24, 2.45) is 5.92 Å². The van der Waals surface area contributed by atoms with Gasteiger partial charge in [-0.25, -0.2) is 0 Å². The van der Waals surface area contributed by atoms with E-state index in [0.717, 1.165) is 41.2 Å². The van der Waals surface area contributed by atoms with E-state index < -0.39 is 0 Å². The van der Waals surface area contributed by atoms with Gasteiger partial charge in [-0.15, -0.1) is 0 Å². The van der Waals surface area contributed by atoms with Crippen LogP contribution in [0.15, 0.2) is 0 Å². The number of unbranched alkanes of at least 4 members (excludes halogenated alkanes) is 1. The van der Waals surface area contributed by atoms with E-state index in [1.165, 1.54) is 51.5 Å². The zero-order chi connectivity index (χ0) is 15.8. The molecule has 1 fully saturated rings. The second-order valence-electron chi connectivity index (χ2n) is 8.66. The van der Waals surface area contributed by atoms with Crippen LogP contribution in [0.2, 0.25) is 0 Å². The van der Waals surface area contributed by atoms with E-state index in [9.17, 15) is 0 Å². The lowest BCUT2D eigenvalue weighted by atomic mass is 10.0. The van der Waals surface area contributed by atoms with E-state index in [0.29, 0.717) is 0 Å². The molecule has 0 unspecified atom stereocenters. The SMILES string of the molecule is C[N+](C)(C)CCOCC[N+](C)(C)CCCCC1CCCC1. The summed E-state index contributed by atoms with van der Waals surface area (Å²) in [7, 11) is 11.3. The van der Waals surface area contributed by atoms with Crippen molar-refractivity contribution < 1.29 is 13.7 Å². The molecule has 0 heterocycles. The molecule has 0 aromatic heterocycles. The van der Waals surface area contributed by atoms with Crippen molar-refractivity contribution in [3.05, 3.63) is 0 Å². The third-order valence-corrected chi connectivity index (χ3v) is 4.85. The van der Waals surface area contributed by atoms with Crippen LogP contribution in [0.1, 0.15) is 44.9 Å². The van der Waals surface area contributed by atoms with Gasteiger partial charge in [-0.2, -0.15) is 0 Å². The van der Waals surface area contributed by atoms with Crippen LogP contribution in [0.25, 0.3) is 0 Å². The fourth-order valence-corrected chi connectivity index (χ4v) is 3.14. The molecule has 0 aromatic rings. The summed E-state index contributed by atoms with van der Waals surface area (Å²) in [6.07, 6.45) is 10.2. The minimum Gasteiger partial charge on any atom is -0.370 e. The highest BCUT2D eigenvalue weighted by molar-refractivity contribution is 4.66. The van der Waals surface area contributed by atoms with Gasteiger partial charge in [-0.3, -0.25) is 0 Å². The van der Waals surface area contributed by atoms with Crippen molar-refractivity contribution in [3.8, 4) is 0 Å². The maximum absolute atomic E-state index is 5.80. The van der Waals surface area contributed by atoms with E-state index >= 15 is 0 Å². The summed E-state index contributed by atoms with van der Waals surface area (Å²) in [6.45, 7) is 5.31. The summed E-state index contributed by atoms with van der Waals surface area (Å²) in [5.41, 5.74) is 0. The topological polar surface area (TPSA) is 9.23 Å². The molecule has 21 heavy (non-hydrogen) atoms.